The summed E-state index contributed by atoms with van der Waals surface area (Å²) in [5, 5.41) is 4.10. The van der Waals surface area contributed by atoms with Gasteiger partial charge in [0.05, 0.1) is 16.9 Å². The SMILES string of the molecule is Cc1ccc(NC(=O)[C@@H]2[C@@H]3C[C@@H]4[C@@H]2C(=O)Oc2ccc(Br)cc2[C@H]2c5sc(=O)[nH]c5S[C@H]3[C@@H]24)cc1. The van der Waals surface area contributed by atoms with Crippen LogP contribution in [0.25, 0.3) is 0 Å². The second-order valence-corrected chi connectivity index (χ2v) is 13.0. The van der Waals surface area contributed by atoms with Crippen LogP contribution in [0.15, 0.2) is 56.8 Å². The number of aromatic nitrogens is 1. The van der Waals surface area contributed by atoms with Gasteiger partial charge in [-0.05, 0) is 61.4 Å². The first-order valence-electron chi connectivity index (χ1n) is 11.7. The Bertz CT molecular complexity index is 1450. The minimum absolute atomic E-state index is 0.0289. The van der Waals surface area contributed by atoms with Crippen LogP contribution in [-0.4, -0.2) is 22.1 Å². The second-order valence-electron chi connectivity index (χ2n) is 9.92. The zero-order chi connectivity index (χ0) is 24.0. The zero-order valence-corrected chi connectivity index (χ0v) is 21.8. The van der Waals surface area contributed by atoms with Crippen LogP contribution in [0.4, 0.5) is 5.69 Å². The van der Waals surface area contributed by atoms with E-state index in [4.69, 9.17) is 4.74 Å². The highest BCUT2D eigenvalue weighted by atomic mass is 79.9. The van der Waals surface area contributed by atoms with E-state index in [0.717, 1.165) is 37.6 Å². The van der Waals surface area contributed by atoms with E-state index in [9.17, 15) is 14.4 Å². The Morgan fingerprint density at radius 3 is 2.74 bits per heavy atom. The maximum atomic E-state index is 13.6. The molecule has 178 valence electrons. The number of ether oxygens (including phenoxy) is 1. The number of hydrogen-bond acceptors (Lipinski definition) is 6. The predicted octanol–water partition coefficient (Wildman–Crippen LogP) is 5.17. The van der Waals surface area contributed by atoms with E-state index in [1.807, 2.05) is 49.4 Å². The van der Waals surface area contributed by atoms with Crippen molar-refractivity contribution >= 4 is 56.6 Å². The van der Waals surface area contributed by atoms with Gasteiger partial charge in [-0.15, -0.1) is 11.8 Å². The van der Waals surface area contributed by atoms with Crippen molar-refractivity contribution in [3.63, 3.8) is 0 Å². The van der Waals surface area contributed by atoms with Crippen molar-refractivity contribution in [2.75, 3.05) is 5.32 Å². The van der Waals surface area contributed by atoms with Gasteiger partial charge in [-0.2, -0.15) is 0 Å². The number of carbonyl (C=O) groups excluding carboxylic acids is 2. The number of thioether (sulfide) groups is 1. The third-order valence-corrected chi connectivity index (χ3v) is 11.2. The average molecular weight is 570 g/mol. The minimum Gasteiger partial charge on any atom is -0.426 e. The van der Waals surface area contributed by atoms with Crippen molar-refractivity contribution in [1.82, 2.24) is 4.98 Å². The number of rotatable bonds is 2. The Balaban J connectivity index is 1.35. The van der Waals surface area contributed by atoms with Crippen LogP contribution in [0, 0.1) is 36.5 Å². The number of thiazole rings is 1. The van der Waals surface area contributed by atoms with Gasteiger partial charge in [-0.25, -0.2) is 0 Å². The third kappa shape index (κ3) is 3.24. The molecule has 2 saturated carbocycles. The molecule has 0 spiro atoms. The number of anilines is 1. The summed E-state index contributed by atoms with van der Waals surface area (Å²) in [6, 6.07) is 13.4. The molecule has 0 saturated heterocycles. The van der Waals surface area contributed by atoms with E-state index in [1.54, 1.807) is 11.8 Å². The van der Waals surface area contributed by atoms with Gasteiger partial charge in [0.2, 0.25) is 5.91 Å². The smallest absolute Gasteiger partial charge is 0.315 e. The molecule has 9 heteroatoms. The summed E-state index contributed by atoms with van der Waals surface area (Å²) in [5.74, 6) is -0.701. The number of aryl methyl sites for hydroxylation is 1. The highest BCUT2D eigenvalue weighted by Crippen LogP contribution is 2.68. The van der Waals surface area contributed by atoms with E-state index < -0.39 is 11.8 Å². The number of H-pyrrole nitrogens is 1. The van der Waals surface area contributed by atoms with E-state index in [2.05, 4.69) is 26.2 Å². The van der Waals surface area contributed by atoms with Gasteiger partial charge >= 0.3 is 10.8 Å². The highest BCUT2D eigenvalue weighted by molar-refractivity contribution is 9.10. The summed E-state index contributed by atoms with van der Waals surface area (Å²) >= 11 is 6.52. The molecule has 3 aromatic rings. The van der Waals surface area contributed by atoms with Crippen LogP contribution in [0.2, 0.25) is 0 Å². The zero-order valence-electron chi connectivity index (χ0n) is 18.6. The first-order chi connectivity index (χ1) is 16.9. The van der Waals surface area contributed by atoms with Crippen molar-refractivity contribution in [2.24, 2.45) is 29.6 Å². The molecule has 0 unspecified atom stereocenters. The molecular formula is C26H21BrN2O4S2. The average Bonchev–Trinajstić information content (AvgIpc) is 3.50. The molecule has 4 aliphatic rings. The summed E-state index contributed by atoms with van der Waals surface area (Å²) in [4.78, 5) is 43.6. The number of amides is 1. The fourth-order valence-electron chi connectivity index (χ4n) is 6.86. The van der Waals surface area contributed by atoms with E-state index in [0.29, 0.717) is 5.75 Å². The Labute approximate surface area is 218 Å². The van der Waals surface area contributed by atoms with Crippen LogP contribution >= 0.6 is 39.0 Å². The molecule has 2 aliphatic carbocycles. The van der Waals surface area contributed by atoms with E-state index in [-0.39, 0.29) is 45.7 Å². The Morgan fingerprint density at radius 2 is 1.94 bits per heavy atom. The summed E-state index contributed by atoms with van der Waals surface area (Å²) in [6.07, 6.45) is 0.813. The molecule has 0 radical (unpaired) electrons. The predicted molar refractivity (Wildman–Crippen MR) is 138 cm³/mol. The quantitative estimate of drug-likeness (QED) is 0.329. The lowest BCUT2D eigenvalue weighted by molar-refractivity contribution is -0.147. The van der Waals surface area contributed by atoms with E-state index in [1.165, 1.54) is 11.3 Å². The Hall–Kier alpha value is -2.36. The summed E-state index contributed by atoms with van der Waals surface area (Å²) in [6.45, 7) is 2.00. The molecular weight excluding hydrogens is 548 g/mol. The molecule has 2 bridgehead atoms. The summed E-state index contributed by atoms with van der Waals surface area (Å²) in [7, 11) is 0. The number of fused-ring (bicyclic) bond motifs is 6. The fraction of sp³-hybridized carbons (Fsp3) is 0.346. The van der Waals surface area contributed by atoms with Gasteiger partial charge in [0.15, 0.2) is 0 Å². The number of carbonyl (C=O) groups is 2. The van der Waals surface area contributed by atoms with Crippen molar-refractivity contribution < 1.29 is 14.3 Å². The van der Waals surface area contributed by atoms with Crippen molar-refractivity contribution in [1.29, 1.82) is 0 Å². The van der Waals surface area contributed by atoms with Gasteiger partial charge in [0, 0.05) is 31.8 Å². The monoisotopic (exact) mass is 568 g/mol. The largest absolute Gasteiger partial charge is 0.426 e. The van der Waals surface area contributed by atoms with Crippen molar-refractivity contribution in [2.45, 2.75) is 29.5 Å². The molecule has 2 N–H and O–H groups in total. The van der Waals surface area contributed by atoms with Crippen LogP contribution < -0.4 is 14.9 Å². The lowest BCUT2D eigenvalue weighted by Gasteiger charge is -2.46. The van der Waals surface area contributed by atoms with Crippen LogP contribution in [0.1, 0.15) is 28.3 Å². The fourth-order valence-corrected chi connectivity index (χ4v) is 10.1. The molecule has 2 fully saturated rings. The van der Waals surface area contributed by atoms with E-state index >= 15 is 0 Å². The standard InChI is InChI=1S/C26H21BrN2O4S2/c1-10-2-5-12(6-3-10)28-23(30)19-15-9-14-18-17(22-24(34-21(15)18)29-26(32)35-22)13-8-11(27)4-7-16(13)33-25(31)20(14)19/h2-8,14-15,17-21H,9H2,1H3,(H,28,30)(H,29,32)/t14-,15-,17+,18+,19+,20-,21+/m0/s1. The van der Waals surface area contributed by atoms with Gasteiger partial charge in [-0.1, -0.05) is 45.0 Å². The van der Waals surface area contributed by atoms with Crippen molar-refractivity contribution in [3.8, 4) is 5.75 Å². The van der Waals surface area contributed by atoms with Gasteiger partial charge < -0.3 is 15.0 Å². The molecule has 35 heavy (non-hydrogen) atoms. The normalized spacial score (nSPS) is 31.7. The number of aromatic amines is 1. The topological polar surface area (TPSA) is 88.3 Å². The van der Waals surface area contributed by atoms with Crippen LogP contribution in [0.5, 0.6) is 5.75 Å². The number of esters is 1. The van der Waals surface area contributed by atoms with Crippen LogP contribution in [0.3, 0.4) is 0 Å². The van der Waals surface area contributed by atoms with Gasteiger partial charge in [0.1, 0.15) is 5.75 Å². The maximum absolute atomic E-state index is 13.6. The molecule has 7 atom stereocenters. The number of benzene rings is 2. The lowest BCUT2D eigenvalue weighted by atomic mass is 9.66. The Kier molecular flexibility index (Phi) is 4.89. The third-order valence-electron chi connectivity index (χ3n) is 8.12. The molecule has 6 nitrogen and oxygen atoms in total. The maximum Gasteiger partial charge on any atom is 0.315 e. The van der Waals surface area contributed by atoms with Gasteiger partial charge in [0.25, 0.3) is 0 Å². The van der Waals surface area contributed by atoms with Gasteiger partial charge in [-0.3, -0.25) is 14.4 Å². The highest BCUT2D eigenvalue weighted by Gasteiger charge is 2.67. The molecule has 1 amide bonds. The lowest BCUT2D eigenvalue weighted by Crippen LogP contribution is -2.50. The number of hydrogen-bond donors (Lipinski definition) is 2. The van der Waals surface area contributed by atoms with Crippen LogP contribution in [-0.2, 0) is 9.59 Å². The molecule has 7 rings (SSSR count). The first kappa shape index (κ1) is 21.9. The first-order valence-corrected chi connectivity index (χ1v) is 14.2. The number of nitrogens with one attached hydrogen (secondary N) is 2. The second kappa shape index (κ2) is 7.82. The molecule has 2 aromatic carbocycles. The number of halogens is 1. The Morgan fingerprint density at radius 1 is 1.14 bits per heavy atom. The van der Waals surface area contributed by atoms with Crippen molar-refractivity contribution in [3.05, 3.63) is 72.6 Å². The summed E-state index contributed by atoms with van der Waals surface area (Å²) in [5.41, 5.74) is 2.78. The molecule has 2 aliphatic heterocycles. The molecule has 1 aromatic heterocycles. The summed E-state index contributed by atoms with van der Waals surface area (Å²) < 4.78 is 6.91. The molecule has 3 heterocycles. The minimum atomic E-state index is -0.496.